The van der Waals surface area contributed by atoms with Gasteiger partial charge >= 0.3 is 0 Å². The molecule has 1 aromatic carbocycles. The van der Waals surface area contributed by atoms with E-state index in [1.165, 1.54) is 12.4 Å². The molecule has 4 nitrogen and oxygen atoms in total. The molecule has 0 unspecified atom stereocenters. The summed E-state index contributed by atoms with van der Waals surface area (Å²) in [6.45, 7) is 1.68. The first-order valence-corrected chi connectivity index (χ1v) is 5.25. The fraction of sp³-hybridized carbons (Fsp3) is 0.0909. The van der Waals surface area contributed by atoms with Crippen molar-refractivity contribution in [2.24, 2.45) is 0 Å². The lowest BCUT2D eigenvalue weighted by atomic mass is 10.2. The van der Waals surface area contributed by atoms with Gasteiger partial charge in [0, 0.05) is 5.69 Å². The molecule has 1 heterocycles. The molecular weight excluding hydrogens is 243 g/mol. The minimum absolute atomic E-state index is 0.182. The van der Waals surface area contributed by atoms with Crippen molar-refractivity contribution in [3.05, 3.63) is 41.1 Å². The standard InChI is InChI=1S/C11H10ClFN4/c1-6-4-7(2-3-8(6)13)17-11-9(14)10(12)15-5-16-11/h2-5H,14H2,1H3,(H,15,16,17). The van der Waals surface area contributed by atoms with Gasteiger partial charge in [0.05, 0.1) is 0 Å². The molecule has 0 aliphatic rings. The van der Waals surface area contributed by atoms with Crippen LogP contribution < -0.4 is 11.1 Å². The van der Waals surface area contributed by atoms with Crippen molar-refractivity contribution in [2.45, 2.75) is 6.92 Å². The lowest BCUT2D eigenvalue weighted by Crippen LogP contribution is -2.01. The fourth-order valence-electron chi connectivity index (χ4n) is 1.33. The number of nitrogens with zero attached hydrogens (tertiary/aromatic N) is 2. The zero-order chi connectivity index (χ0) is 12.4. The molecule has 17 heavy (non-hydrogen) atoms. The van der Waals surface area contributed by atoms with E-state index in [9.17, 15) is 4.39 Å². The maximum Gasteiger partial charge on any atom is 0.158 e. The quantitative estimate of drug-likeness (QED) is 0.807. The third-order valence-corrected chi connectivity index (χ3v) is 2.56. The Kier molecular flexibility index (Phi) is 3.10. The number of nitrogens with two attached hydrogens (primary N) is 1. The molecule has 88 valence electrons. The normalized spacial score (nSPS) is 10.3. The van der Waals surface area contributed by atoms with Crippen molar-refractivity contribution in [3.8, 4) is 0 Å². The smallest absolute Gasteiger partial charge is 0.158 e. The van der Waals surface area contributed by atoms with E-state index in [1.807, 2.05) is 0 Å². The van der Waals surface area contributed by atoms with E-state index in [-0.39, 0.29) is 16.7 Å². The summed E-state index contributed by atoms with van der Waals surface area (Å²) < 4.78 is 13.1. The van der Waals surface area contributed by atoms with Crippen LogP contribution in [0.5, 0.6) is 0 Å². The molecule has 0 spiro atoms. The molecule has 0 amide bonds. The largest absolute Gasteiger partial charge is 0.393 e. The van der Waals surface area contributed by atoms with Crippen molar-refractivity contribution in [3.63, 3.8) is 0 Å². The first-order valence-electron chi connectivity index (χ1n) is 4.87. The molecule has 0 fully saturated rings. The predicted octanol–water partition coefficient (Wildman–Crippen LogP) is 2.90. The number of halogens is 2. The second-order valence-electron chi connectivity index (χ2n) is 3.52. The van der Waals surface area contributed by atoms with Gasteiger partial charge in [0.15, 0.2) is 11.0 Å². The highest BCUT2D eigenvalue weighted by Crippen LogP contribution is 2.25. The van der Waals surface area contributed by atoms with E-state index in [0.717, 1.165) is 0 Å². The summed E-state index contributed by atoms with van der Waals surface area (Å²) in [5.41, 5.74) is 7.19. The van der Waals surface area contributed by atoms with Gasteiger partial charge < -0.3 is 11.1 Å². The van der Waals surface area contributed by atoms with Crippen LogP contribution in [0.15, 0.2) is 24.5 Å². The molecule has 0 saturated heterocycles. The number of anilines is 3. The van der Waals surface area contributed by atoms with Crippen LogP contribution in [0.2, 0.25) is 5.15 Å². The van der Waals surface area contributed by atoms with Gasteiger partial charge in [-0.15, -0.1) is 0 Å². The summed E-state index contributed by atoms with van der Waals surface area (Å²) in [6.07, 6.45) is 1.30. The first kappa shape index (κ1) is 11.6. The zero-order valence-electron chi connectivity index (χ0n) is 9.04. The Morgan fingerprint density at radius 1 is 1.35 bits per heavy atom. The number of rotatable bonds is 2. The number of benzene rings is 1. The highest BCUT2D eigenvalue weighted by molar-refractivity contribution is 6.32. The summed E-state index contributed by atoms with van der Waals surface area (Å²) in [4.78, 5) is 7.70. The average molecular weight is 253 g/mol. The zero-order valence-corrected chi connectivity index (χ0v) is 9.79. The van der Waals surface area contributed by atoms with Crippen molar-refractivity contribution >= 4 is 28.8 Å². The Labute approximate surface area is 103 Å². The van der Waals surface area contributed by atoms with Crippen molar-refractivity contribution in [1.82, 2.24) is 9.97 Å². The molecule has 0 saturated carbocycles. The Bertz CT molecular complexity index is 559. The molecule has 2 rings (SSSR count). The van der Waals surface area contributed by atoms with Crippen molar-refractivity contribution < 1.29 is 4.39 Å². The van der Waals surface area contributed by atoms with Crippen LogP contribution in [0.1, 0.15) is 5.56 Å². The van der Waals surface area contributed by atoms with Crippen molar-refractivity contribution in [2.75, 3.05) is 11.1 Å². The van der Waals surface area contributed by atoms with Gasteiger partial charge in [-0.25, -0.2) is 14.4 Å². The number of nitrogen functional groups attached to an aromatic ring is 1. The van der Waals surface area contributed by atoms with Crippen LogP contribution in [0.4, 0.5) is 21.6 Å². The molecule has 0 radical (unpaired) electrons. The summed E-state index contributed by atoms with van der Waals surface area (Å²) in [5, 5.41) is 3.14. The lowest BCUT2D eigenvalue weighted by molar-refractivity contribution is 0.619. The minimum Gasteiger partial charge on any atom is -0.393 e. The summed E-state index contributed by atoms with van der Waals surface area (Å²) in [5.74, 6) is 0.139. The van der Waals surface area contributed by atoms with Crippen LogP contribution in [0.3, 0.4) is 0 Å². The molecule has 0 aliphatic carbocycles. The SMILES string of the molecule is Cc1cc(Nc2ncnc(Cl)c2N)ccc1F. The fourth-order valence-corrected chi connectivity index (χ4v) is 1.47. The highest BCUT2D eigenvalue weighted by Gasteiger charge is 2.06. The van der Waals surface area contributed by atoms with Crippen LogP contribution >= 0.6 is 11.6 Å². The number of hydrogen-bond acceptors (Lipinski definition) is 4. The van der Waals surface area contributed by atoms with Crippen LogP contribution in [0, 0.1) is 12.7 Å². The number of aromatic nitrogens is 2. The van der Waals surface area contributed by atoms with E-state index < -0.39 is 0 Å². The average Bonchev–Trinajstić information content (AvgIpc) is 2.30. The van der Waals surface area contributed by atoms with Gasteiger partial charge in [-0.3, -0.25) is 0 Å². The molecule has 6 heteroatoms. The van der Waals surface area contributed by atoms with Gasteiger partial charge in [0.2, 0.25) is 0 Å². The Morgan fingerprint density at radius 3 is 2.82 bits per heavy atom. The Balaban J connectivity index is 2.31. The maximum atomic E-state index is 13.1. The summed E-state index contributed by atoms with van der Waals surface area (Å²) in [6, 6.07) is 4.62. The Morgan fingerprint density at radius 2 is 2.12 bits per heavy atom. The third kappa shape index (κ3) is 2.45. The van der Waals surface area contributed by atoms with Crippen LogP contribution in [0.25, 0.3) is 0 Å². The van der Waals surface area contributed by atoms with Crippen LogP contribution in [-0.4, -0.2) is 9.97 Å². The molecule has 0 atom stereocenters. The molecule has 0 bridgehead atoms. The monoisotopic (exact) mass is 252 g/mol. The van der Waals surface area contributed by atoms with Gasteiger partial charge in [0.25, 0.3) is 0 Å². The van der Waals surface area contributed by atoms with E-state index >= 15 is 0 Å². The van der Waals surface area contributed by atoms with Gasteiger partial charge in [-0.05, 0) is 30.7 Å². The van der Waals surface area contributed by atoms with Crippen LogP contribution in [-0.2, 0) is 0 Å². The first-order chi connectivity index (χ1) is 8.08. The Hall–Kier alpha value is -1.88. The maximum absolute atomic E-state index is 13.1. The van der Waals surface area contributed by atoms with E-state index in [2.05, 4.69) is 15.3 Å². The van der Waals surface area contributed by atoms with Crippen molar-refractivity contribution in [1.29, 1.82) is 0 Å². The van der Waals surface area contributed by atoms with E-state index in [1.54, 1.807) is 19.1 Å². The molecule has 2 aromatic rings. The molecule has 1 aromatic heterocycles. The number of hydrogen-bond donors (Lipinski definition) is 2. The van der Waals surface area contributed by atoms with E-state index in [4.69, 9.17) is 17.3 Å². The number of aryl methyl sites for hydroxylation is 1. The molecule has 3 N–H and O–H groups in total. The molecular formula is C11H10ClFN4. The summed E-state index contributed by atoms with van der Waals surface area (Å²) >= 11 is 5.76. The highest BCUT2D eigenvalue weighted by atomic mass is 35.5. The van der Waals surface area contributed by atoms with E-state index in [0.29, 0.717) is 17.1 Å². The second kappa shape index (κ2) is 4.55. The van der Waals surface area contributed by atoms with Gasteiger partial charge in [-0.1, -0.05) is 11.6 Å². The van der Waals surface area contributed by atoms with Gasteiger partial charge in [-0.2, -0.15) is 0 Å². The second-order valence-corrected chi connectivity index (χ2v) is 3.87. The predicted molar refractivity (Wildman–Crippen MR) is 65.9 cm³/mol. The lowest BCUT2D eigenvalue weighted by Gasteiger charge is -2.09. The van der Waals surface area contributed by atoms with Gasteiger partial charge in [0.1, 0.15) is 17.8 Å². The third-order valence-electron chi connectivity index (χ3n) is 2.26. The minimum atomic E-state index is -0.260. The topological polar surface area (TPSA) is 63.8 Å². The number of nitrogens with one attached hydrogen (secondary N) is 1. The molecule has 0 aliphatic heterocycles. The summed E-state index contributed by atoms with van der Waals surface area (Å²) in [7, 11) is 0.